The van der Waals surface area contributed by atoms with Gasteiger partial charge in [-0.05, 0) is 43.2 Å². The highest BCUT2D eigenvalue weighted by atomic mass is 35.5. The van der Waals surface area contributed by atoms with Crippen molar-refractivity contribution in [1.82, 2.24) is 9.88 Å². The summed E-state index contributed by atoms with van der Waals surface area (Å²) in [6, 6.07) is 6.40. The topological polar surface area (TPSA) is 100 Å². The number of ether oxygens (including phenoxy) is 1. The van der Waals surface area contributed by atoms with E-state index in [0.717, 1.165) is 5.56 Å². The lowest BCUT2D eigenvalue weighted by Crippen LogP contribution is -2.41. The van der Waals surface area contributed by atoms with Crippen LogP contribution in [0.25, 0.3) is 0 Å². The molecule has 2 heterocycles. The summed E-state index contributed by atoms with van der Waals surface area (Å²) in [6.45, 7) is 1.91. The molecule has 1 N–H and O–H groups in total. The molecule has 0 saturated carbocycles. The van der Waals surface area contributed by atoms with Gasteiger partial charge in [-0.3, -0.25) is 14.4 Å². The van der Waals surface area contributed by atoms with Crippen LogP contribution in [-0.2, 0) is 16.0 Å². The fraction of sp³-hybridized carbons (Fsp3) is 0.333. The number of benzene rings is 1. The fourth-order valence-corrected chi connectivity index (χ4v) is 3.91. The molecule has 0 atom stereocenters. The van der Waals surface area contributed by atoms with Gasteiger partial charge in [0.25, 0.3) is 11.8 Å². The molecule has 1 aromatic carbocycles. The Morgan fingerprint density at radius 1 is 1.29 bits per heavy atom. The molecule has 0 spiro atoms. The molecule has 0 bridgehead atoms. The van der Waals surface area contributed by atoms with Gasteiger partial charge in [0.2, 0.25) is 0 Å². The zero-order chi connectivity index (χ0) is 22.5. The Labute approximate surface area is 189 Å². The number of aliphatic hydroxyl groups is 1. The highest BCUT2D eigenvalue weighted by molar-refractivity contribution is 6.39. The summed E-state index contributed by atoms with van der Waals surface area (Å²) < 4.78 is 4.92. The number of nitrogens with zero attached hydrogens (tertiary/aromatic N) is 3. The number of rotatable bonds is 7. The lowest BCUT2D eigenvalue weighted by atomic mass is 9.97. The molecular formula is C21H21Cl2N3O5. The molecule has 31 heavy (non-hydrogen) atoms. The van der Waals surface area contributed by atoms with Gasteiger partial charge in [-0.2, -0.15) is 0 Å². The number of anilines is 1. The van der Waals surface area contributed by atoms with Crippen LogP contribution in [0.15, 0.2) is 30.5 Å². The Kier molecular flexibility index (Phi) is 7.48. The zero-order valence-electron chi connectivity index (χ0n) is 16.8. The zero-order valence-corrected chi connectivity index (χ0v) is 18.3. The summed E-state index contributed by atoms with van der Waals surface area (Å²) >= 11 is 12.2. The minimum absolute atomic E-state index is 0.00209. The van der Waals surface area contributed by atoms with Crippen molar-refractivity contribution in [2.45, 2.75) is 13.3 Å². The predicted molar refractivity (Wildman–Crippen MR) is 116 cm³/mol. The van der Waals surface area contributed by atoms with Crippen LogP contribution in [0.3, 0.4) is 0 Å². The van der Waals surface area contributed by atoms with Crippen LogP contribution in [0.1, 0.15) is 33.2 Å². The Bertz CT molecular complexity index is 994. The smallest absolute Gasteiger partial charge is 0.325 e. The number of pyridine rings is 1. The van der Waals surface area contributed by atoms with Crippen molar-refractivity contribution in [2.24, 2.45) is 0 Å². The van der Waals surface area contributed by atoms with Gasteiger partial charge in [0.05, 0.1) is 23.8 Å². The third-order valence-corrected chi connectivity index (χ3v) is 5.43. The highest BCUT2D eigenvalue weighted by Crippen LogP contribution is 2.29. The largest absolute Gasteiger partial charge is 0.465 e. The van der Waals surface area contributed by atoms with E-state index < -0.39 is 11.9 Å². The van der Waals surface area contributed by atoms with Crippen LogP contribution >= 0.6 is 23.2 Å². The summed E-state index contributed by atoms with van der Waals surface area (Å²) in [5.41, 5.74) is 1.71. The molecule has 2 aromatic rings. The van der Waals surface area contributed by atoms with Crippen LogP contribution in [0.4, 0.5) is 5.69 Å². The standard InChI is InChI=1S/C21H21Cl2N3O5/c1-2-31-17(28)12-25-8-6-13-11-14(3-4-15(13)20(25)29)26(9-10-27)21(30)18-16(22)5-7-24-19(18)23/h3-5,7,11,27H,2,6,8-10,12H2,1H3. The van der Waals surface area contributed by atoms with Gasteiger partial charge in [-0.25, -0.2) is 4.98 Å². The number of esters is 1. The van der Waals surface area contributed by atoms with Crippen LogP contribution in [0.5, 0.6) is 0 Å². The molecule has 10 heteroatoms. The molecule has 8 nitrogen and oxygen atoms in total. The van der Waals surface area contributed by atoms with Gasteiger partial charge < -0.3 is 19.6 Å². The lowest BCUT2D eigenvalue weighted by molar-refractivity contribution is -0.143. The van der Waals surface area contributed by atoms with Crippen molar-refractivity contribution in [1.29, 1.82) is 0 Å². The van der Waals surface area contributed by atoms with Crippen molar-refractivity contribution in [2.75, 3.05) is 37.7 Å². The molecule has 2 amide bonds. The SMILES string of the molecule is CCOC(=O)CN1CCc2cc(N(CCO)C(=O)c3c(Cl)ccnc3Cl)ccc2C1=O. The van der Waals surface area contributed by atoms with Crippen molar-refractivity contribution in [3.05, 3.63) is 57.3 Å². The number of fused-ring (bicyclic) bond motifs is 1. The van der Waals surface area contributed by atoms with E-state index in [0.29, 0.717) is 24.2 Å². The Hall–Kier alpha value is -2.68. The van der Waals surface area contributed by atoms with Crippen molar-refractivity contribution in [3.8, 4) is 0 Å². The molecule has 3 rings (SSSR count). The third kappa shape index (κ3) is 4.98. The second-order valence-electron chi connectivity index (χ2n) is 6.76. The Morgan fingerprint density at radius 2 is 2.06 bits per heavy atom. The van der Waals surface area contributed by atoms with Crippen LogP contribution < -0.4 is 4.90 Å². The van der Waals surface area contributed by atoms with E-state index in [9.17, 15) is 19.5 Å². The average molecular weight is 466 g/mol. The molecule has 0 fully saturated rings. The van der Waals surface area contributed by atoms with E-state index in [-0.39, 0.29) is 47.9 Å². The minimum atomic E-state index is -0.511. The first-order valence-electron chi connectivity index (χ1n) is 9.67. The summed E-state index contributed by atoms with van der Waals surface area (Å²) in [4.78, 5) is 44.3. The van der Waals surface area contributed by atoms with E-state index in [1.54, 1.807) is 25.1 Å². The molecule has 0 radical (unpaired) electrons. The highest BCUT2D eigenvalue weighted by Gasteiger charge is 2.28. The summed E-state index contributed by atoms with van der Waals surface area (Å²) in [5.74, 6) is -1.25. The van der Waals surface area contributed by atoms with Crippen LogP contribution in [0.2, 0.25) is 10.2 Å². The first-order chi connectivity index (χ1) is 14.9. The molecular weight excluding hydrogens is 445 g/mol. The second-order valence-corrected chi connectivity index (χ2v) is 7.53. The maximum atomic E-state index is 13.1. The normalized spacial score (nSPS) is 13.0. The number of aliphatic hydroxyl groups excluding tert-OH is 1. The molecule has 0 aliphatic carbocycles. The Morgan fingerprint density at radius 3 is 2.74 bits per heavy atom. The Balaban J connectivity index is 1.89. The summed E-state index contributed by atoms with van der Waals surface area (Å²) in [5, 5.41) is 9.61. The summed E-state index contributed by atoms with van der Waals surface area (Å²) in [7, 11) is 0. The van der Waals surface area contributed by atoms with Gasteiger partial charge in [0.15, 0.2) is 0 Å². The fourth-order valence-electron chi connectivity index (χ4n) is 3.39. The first kappa shape index (κ1) is 23.0. The van der Waals surface area contributed by atoms with Crippen molar-refractivity contribution in [3.63, 3.8) is 0 Å². The number of hydrogen-bond acceptors (Lipinski definition) is 6. The molecule has 0 unspecified atom stereocenters. The second kappa shape index (κ2) is 10.1. The average Bonchev–Trinajstić information content (AvgIpc) is 2.74. The number of carbonyl (C=O) groups excluding carboxylic acids is 3. The van der Waals surface area contributed by atoms with Crippen molar-refractivity contribution < 1.29 is 24.2 Å². The third-order valence-electron chi connectivity index (χ3n) is 4.83. The van der Waals surface area contributed by atoms with Gasteiger partial charge in [-0.1, -0.05) is 23.2 Å². The molecule has 1 aromatic heterocycles. The van der Waals surface area contributed by atoms with E-state index in [1.807, 2.05) is 0 Å². The minimum Gasteiger partial charge on any atom is -0.465 e. The monoisotopic (exact) mass is 465 g/mol. The van der Waals surface area contributed by atoms with E-state index in [1.165, 1.54) is 22.1 Å². The van der Waals surface area contributed by atoms with Gasteiger partial charge in [-0.15, -0.1) is 0 Å². The van der Waals surface area contributed by atoms with Gasteiger partial charge >= 0.3 is 5.97 Å². The lowest BCUT2D eigenvalue weighted by Gasteiger charge is -2.29. The van der Waals surface area contributed by atoms with E-state index in [4.69, 9.17) is 27.9 Å². The van der Waals surface area contributed by atoms with Crippen LogP contribution in [-0.4, -0.2) is 65.6 Å². The number of halogens is 2. The van der Waals surface area contributed by atoms with Gasteiger partial charge in [0, 0.05) is 30.5 Å². The molecule has 164 valence electrons. The van der Waals surface area contributed by atoms with E-state index >= 15 is 0 Å². The maximum Gasteiger partial charge on any atom is 0.325 e. The number of hydrogen-bond donors (Lipinski definition) is 1. The number of aromatic nitrogens is 1. The molecule has 1 aliphatic rings. The maximum absolute atomic E-state index is 13.1. The first-order valence-corrected chi connectivity index (χ1v) is 10.4. The van der Waals surface area contributed by atoms with Crippen LogP contribution in [0, 0.1) is 0 Å². The number of carbonyl (C=O) groups is 3. The predicted octanol–water partition coefficient (Wildman–Crippen LogP) is 2.59. The quantitative estimate of drug-likeness (QED) is 0.498. The molecule has 0 saturated heterocycles. The van der Waals surface area contributed by atoms with Crippen molar-refractivity contribution >= 4 is 46.7 Å². The summed E-state index contributed by atoms with van der Waals surface area (Å²) in [6.07, 6.45) is 1.90. The number of amides is 2. The molecule has 1 aliphatic heterocycles. The van der Waals surface area contributed by atoms with Gasteiger partial charge in [0.1, 0.15) is 11.7 Å². The van der Waals surface area contributed by atoms with E-state index in [2.05, 4.69) is 4.98 Å².